The average molecular weight is 629 g/mol. The van der Waals surface area contributed by atoms with Crippen molar-refractivity contribution in [1.29, 1.82) is 0 Å². The van der Waals surface area contributed by atoms with E-state index in [1.54, 1.807) is 12.5 Å². The highest BCUT2D eigenvalue weighted by Gasteiger charge is 2.22. The van der Waals surface area contributed by atoms with E-state index < -0.39 is 12.0 Å². The van der Waals surface area contributed by atoms with Crippen LogP contribution in [0.25, 0.3) is 11.2 Å². The Hall–Kier alpha value is -3.01. The van der Waals surface area contributed by atoms with E-state index in [-0.39, 0.29) is 37.0 Å². The first kappa shape index (κ1) is 38.2. The SMILES string of the molecule is CCCCCCCCC=CCCCCCCCCCC(=O)OCCC(COC(=O)[C@@H](N)C(C)C)Cn1cnc2cnc(N)nc21. The number of hydrogen-bond acceptors (Lipinski definition) is 9. The van der Waals surface area contributed by atoms with E-state index in [0.29, 0.717) is 30.6 Å². The van der Waals surface area contributed by atoms with Crippen LogP contribution in [0.15, 0.2) is 24.7 Å². The zero-order valence-corrected chi connectivity index (χ0v) is 28.3. The molecule has 0 aliphatic heterocycles. The predicted octanol–water partition coefficient (Wildman–Crippen LogP) is 7.30. The third kappa shape index (κ3) is 16.8. The molecule has 2 atom stereocenters. The molecule has 4 N–H and O–H groups in total. The van der Waals surface area contributed by atoms with Gasteiger partial charge in [-0.25, -0.2) is 9.97 Å². The van der Waals surface area contributed by atoms with Gasteiger partial charge in [0, 0.05) is 18.9 Å². The van der Waals surface area contributed by atoms with Crippen LogP contribution >= 0.6 is 0 Å². The number of nitrogens with two attached hydrogens (primary N) is 2. The van der Waals surface area contributed by atoms with Crippen molar-refractivity contribution in [2.24, 2.45) is 17.6 Å². The predicted molar refractivity (Wildman–Crippen MR) is 181 cm³/mol. The summed E-state index contributed by atoms with van der Waals surface area (Å²) in [5.74, 6) is -0.629. The van der Waals surface area contributed by atoms with Crippen LogP contribution < -0.4 is 11.5 Å². The normalized spacial score (nSPS) is 13.1. The zero-order valence-electron chi connectivity index (χ0n) is 28.3. The van der Waals surface area contributed by atoms with Gasteiger partial charge in [-0.3, -0.25) is 9.59 Å². The highest BCUT2D eigenvalue weighted by molar-refractivity contribution is 5.75. The van der Waals surface area contributed by atoms with Crippen LogP contribution in [0.5, 0.6) is 0 Å². The van der Waals surface area contributed by atoms with Gasteiger partial charge in [0.1, 0.15) is 11.6 Å². The molecule has 0 saturated carbocycles. The monoisotopic (exact) mass is 628 g/mol. The van der Waals surface area contributed by atoms with Crippen molar-refractivity contribution in [3.8, 4) is 0 Å². The van der Waals surface area contributed by atoms with Gasteiger partial charge in [-0.1, -0.05) is 97.1 Å². The number of unbranched alkanes of at least 4 members (excludes halogenated alkanes) is 13. The third-order valence-corrected chi connectivity index (χ3v) is 8.22. The van der Waals surface area contributed by atoms with E-state index in [1.165, 1.54) is 77.0 Å². The molecule has 0 amide bonds. The van der Waals surface area contributed by atoms with Crippen molar-refractivity contribution >= 4 is 29.1 Å². The van der Waals surface area contributed by atoms with Crippen LogP contribution in [0.1, 0.15) is 130 Å². The smallest absolute Gasteiger partial charge is 0.323 e. The Labute approximate surface area is 271 Å². The van der Waals surface area contributed by atoms with Crippen molar-refractivity contribution in [2.75, 3.05) is 18.9 Å². The number of anilines is 1. The summed E-state index contributed by atoms with van der Waals surface area (Å²) in [6.07, 6.45) is 27.6. The number of esters is 2. The van der Waals surface area contributed by atoms with Crippen molar-refractivity contribution in [2.45, 2.75) is 143 Å². The fraction of sp³-hybridized carbons (Fsp3) is 0.743. The maximum atomic E-state index is 12.4. The van der Waals surface area contributed by atoms with Gasteiger partial charge < -0.3 is 25.5 Å². The number of carbonyl (C=O) groups is 2. The first-order chi connectivity index (χ1) is 21.8. The molecule has 45 heavy (non-hydrogen) atoms. The van der Waals surface area contributed by atoms with Crippen LogP contribution in [0.2, 0.25) is 0 Å². The molecule has 10 heteroatoms. The minimum Gasteiger partial charge on any atom is -0.466 e. The number of ether oxygens (including phenoxy) is 2. The van der Waals surface area contributed by atoms with Gasteiger partial charge in [0.05, 0.1) is 25.7 Å². The van der Waals surface area contributed by atoms with E-state index in [0.717, 1.165) is 19.3 Å². The third-order valence-electron chi connectivity index (χ3n) is 8.22. The van der Waals surface area contributed by atoms with Gasteiger partial charge in [-0.2, -0.15) is 4.98 Å². The van der Waals surface area contributed by atoms with Crippen LogP contribution in [0.4, 0.5) is 5.95 Å². The Kier molecular flexibility index (Phi) is 19.8. The van der Waals surface area contributed by atoms with E-state index in [9.17, 15) is 9.59 Å². The minimum absolute atomic E-state index is 0.0269. The van der Waals surface area contributed by atoms with Crippen LogP contribution in [-0.2, 0) is 25.6 Å². The van der Waals surface area contributed by atoms with Gasteiger partial charge >= 0.3 is 11.9 Å². The number of allylic oxidation sites excluding steroid dienone is 2. The molecule has 2 aromatic heterocycles. The highest BCUT2D eigenvalue weighted by atomic mass is 16.5. The van der Waals surface area contributed by atoms with Crippen LogP contribution in [0.3, 0.4) is 0 Å². The van der Waals surface area contributed by atoms with Crippen LogP contribution in [0, 0.1) is 11.8 Å². The average Bonchev–Trinajstić information content (AvgIpc) is 3.41. The minimum atomic E-state index is -0.688. The number of hydrogen-bond donors (Lipinski definition) is 2. The molecule has 0 bridgehead atoms. The molecule has 2 aromatic rings. The van der Waals surface area contributed by atoms with Crippen molar-refractivity contribution in [1.82, 2.24) is 19.5 Å². The summed E-state index contributed by atoms with van der Waals surface area (Å²) in [6, 6.07) is -0.688. The number of carbonyl (C=O) groups excluding carboxylic acids is 2. The van der Waals surface area contributed by atoms with Gasteiger partial charge in [0.2, 0.25) is 5.95 Å². The molecule has 1 unspecified atom stereocenters. The number of rotatable bonds is 26. The Morgan fingerprint density at radius 3 is 2.16 bits per heavy atom. The van der Waals surface area contributed by atoms with Crippen molar-refractivity contribution in [3.05, 3.63) is 24.7 Å². The molecule has 0 spiro atoms. The van der Waals surface area contributed by atoms with Crippen molar-refractivity contribution < 1.29 is 19.1 Å². The molecule has 10 nitrogen and oxygen atoms in total. The van der Waals surface area contributed by atoms with Gasteiger partial charge in [-0.05, 0) is 44.4 Å². The van der Waals surface area contributed by atoms with Gasteiger partial charge in [0.25, 0.3) is 0 Å². The lowest BCUT2D eigenvalue weighted by atomic mass is 10.1. The molecule has 254 valence electrons. The Bertz CT molecular complexity index is 1120. The summed E-state index contributed by atoms with van der Waals surface area (Å²) in [5.41, 5.74) is 13.0. The summed E-state index contributed by atoms with van der Waals surface area (Å²) >= 11 is 0. The number of nitrogens with zero attached hydrogens (tertiary/aromatic N) is 4. The fourth-order valence-electron chi connectivity index (χ4n) is 5.18. The molecule has 0 aromatic carbocycles. The van der Waals surface area contributed by atoms with E-state index in [2.05, 4.69) is 34.0 Å². The first-order valence-corrected chi connectivity index (χ1v) is 17.5. The summed E-state index contributed by atoms with van der Waals surface area (Å²) in [7, 11) is 0. The van der Waals surface area contributed by atoms with E-state index in [4.69, 9.17) is 20.9 Å². The first-order valence-electron chi connectivity index (χ1n) is 17.5. The number of nitrogen functional groups attached to an aromatic ring is 1. The Morgan fingerprint density at radius 1 is 0.889 bits per heavy atom. The molecule has 2 rings (SSSR count). The second-order valence-corrected chi connectivity index (χ2v) is 12.7. The fourth-order valence-corrected chi connectivity index (χ4v) is 5.18. The second-order valence-electron chi connectivity index (χ2n) is 12.7. The summed E-state index contributed by atoms with van der Waals surface area (Å²) < 4.78 is 12.9. The molecule has 0 radical (unpaired) electrons. The number of fused-ring (bicyclic) bond motifs is 1. The lowest BCUT2D eigenvalue weighted by Gasteiger charge is -2.20. The Morgan fingerprint density at radius 2 is 1.51 bits per heavy atom. The van der Waals surface area contributed by atoms with E-state index >= 15 is 0 Å². The topological polar surface area (TPSA) is 148 Å². The molecule has 0 fully saturated rings. The zero-order chi connectivity index (χ0) is 32.7. The molecule has 0 aliphatic carbocycles. The lowest BCUT2D eigenvalue weighted by Crippen LogP contribution is -2.38. The van der Waals surface area contributed by atoms with Gasteiger partial charge in [-0.15, -0.1) is 0 Å². The molecule has 0 aliphatic rings. The largest absolute Gasteiger partial charge is 0.466 e. The van der Waals surface area contributed by atoms with E-state index in [1.807, 2.05) is 18.4 Å². The van der Waals surface area contributed by atoms with Gasteiger partial charge in [0.15, 0.2) is 5.65 Å². The number of imidazole rings is 1. The summed E-state index contributed by atoms with van der Waals surface area (Å²) in [4.78, 5) is 37.3. The lowest BCUT2D eigenvalue weighted by molar-refractivity contribution is -0.149. The maximum Gasteiger partial charge on any atom is 0.323 e. The standard InChI is InChI=1S/C35H60N6O4/c1-4-5-6-7-8-9-10-11-12-13-14-15-16-17-18-19-20-21-31(42)44-23-22-29(26-45-34(43)32(36)28(2)3)25-41-27-39-30-24-38-35(37)40-33(30)41/h11-12,24,27-29,32H,4-10,13-23,25-26,36H2,1-3H3,(H2,37,38,40)/t29?,32-/m0/s1. The molecular formula is C35H60N6O4. The molecule has 0 saturated heterocycles. The second kappa shape index (κ2) is 23.3. The number of aromatic nitrogens is 4. The summed E-state index contributed by atoms with van der Waals surface area (Å²) in [6.45, 7) is 6.87. The maximum absolute atomic E-state index is 12.4. The molecular weight excluding hydrogens is 568 g/mol. The Balaban J connectivity index is 1.59. The van der Waals surface area contributed by atoms with Crippen LogP contribution in [-0.4, -0.2) is 50.7 Å². The van der Waals surface area contributed by atoms with Crippen molar-refractivity contribution in [3.63, 3.8) is 0 Å². The quantitative estimate of drug-likeness (QED) is 0.0621. The highest BCUT2D eigenvalue weighted by Crippen LogP contribution is 2.17. The summed E-state index contributed by atoms with van der Waals surface area (Å²) in [5, 5.41) is 0. The molecule has 2 heterocycles.